The van der Waals surface area contributed by atoms with Gasteiger partial charge in [0.05, 0.1) is 18.0 Å². The van der Waals surface area contributed by atoms with Crippen LogP contribution in [-0.4, -0.2) is 21.4 Å². The second-order valence-electron chi connectivity index (χ2n) is 6.92. The summed E-state index contributed by atoms with van der Waals surface area (Å²) in [5, 5.41) is 4.01. The Kier molecular flexibility index (Phi) is 5.33. The number of rotatable bonds is 6. The summed E-state index contributed by atoms with van der Waals surface area (Å²) >= 11 is 0. The highest BCUT2D eigenvalue weighted by molar-refractivity contribution is 6.47. The number of benzene rings is 1. The van der Waals surface area contributed by atoms with Crippen molar-refractivity contribution in [3.8, 4) is 0 Å². The normalized spacial score (nSPS) is 17.1. The van der Waals surface area contributed by atoms with Gasteiger partial charge >= 0.3 is 0 Å². The van der Waals surface area contributed by atoms with Crippen molar-refractivity contribution in [2.45, 2.75) is 31.7 Å². The van der Waals surface area contributed by atoms with E-state index in [1.54, 1.807) is 30.5 Å². The van der Waals surface area contributed by atoms with Crippen molar-refractivity contribution >= 4 is 22.9 Å². The first-order chi connectivity index (χ1) is 14.1. The number of anilines is 1. The van der Waals surface area contributed by atoms with Gasteiger partial charge in [0.2, 0.25) is 0 Å². The van der Waals surface area contributed by atoms with Gasteiger partial charge in [0.25, 0.3) is 0 Å². The largest absolute Gasteiger partial charge is 0.396 e. The third kappa shape index (κ3) is 4.48. The summed E-state index contributed by atoms with van der Waals surface area (Å²) in [6.07, 6.45) is 9.39. The molecule has 0 spiro atoms. The number of aromatic nitrogens is 2. The van der Waals surface area contributed by atoms with Crippen LogP contribution in [0.2, 0.25) is 0 Å². The standard InChI is InChI=1S/C21H21FN6O/c22-16-5-2-1-4-14(16)11-25-19(18-6-3-9-29-28-18)10-17(23)21-26-12-15(13-7-8-13)20(24)27-21/h1-5,9-10,12-13H,6-8,11,23H2,(H2,24,26,27). The molecule has 2 heterocycles. The molecule has 4 N–H and O–H groups in total. The van der Waals surface area contributed by atoms with Crippen LogP contribution in [0.15, 0.2) is 59.0 Å². The molecule has 1 aromatic carbocycles. The van der Waals surface area contributed by atoms with Crippen molar-refractivity contribution in [3.05, 3.63) is 71.6 Å². The van der Waals surface area contributed by atoms with E-state index in [0.717, 1.165) is 18.4 Å². The molecule has 0 bridgehead atoms. The minimum atomic E-state index is -0.318. The monoisotopic (exact) mass is 392 g/mol. The summed E-state index contributed by atoms with van der Waals surface area (Å²) in [6, 6.07) is 6.48. The topological polar surface area (TPSA) is 112 Å². The van der Waals surface area contributed by atoms with Gasteiger partial charge in [-0.3, -0.25) is 4.99 Å². The molecule has 0 radical (unpaired) electrons. The molecule has 1 aliphatic carbocycles. The molecule has 2 aliphatic rings. The van der Waals surface area contributed by atoms with Gasteiger partial charge in [-0.2, -0.15) is 0 Å². The number of nitrogens with zero attached hydrogens (tertiary/aromatic N) is 4. The van der Waals surface area contributed by atoms with Gasteiger partial charge in [-0.25, -0.2) is 14.4 Å². The summed E-state index contributed by atoms with van der Waals surface area (Å²) in [5.41, 5.74) is 15.1. The molecule has 1 aromatic heterocycles. The maximum atomic E-state index is 14.0. The van der Waals surface area contributed by atoms with Crippen LogP contribution in [0.3, 0.4) is 0 Å². The minimum Gasteiger partial charge on any atom is -0.396 e. The van der Waals surface area contributed by atoms with E-state index in [-0.39, 0.29) is 12.4 Å². The smallest absolute Gasteiger partial charge is 0.177 e. The lowest BCUT2D eigenvalue weighted by Crippen LogP contribution is -2.17. The number of halogens is 1. The Morgan fingerprint density at radius 1 is 1.31 bits per heavy atom. The molecular weight excluding hydrogens is 371 g/mol. The third-order valence-corrected chi connectivity index (χ3v) is 4.72. The molecular formula is C21H21FN6O. The zero-order valence-corrected chi connectivity index (χ0v) is 15.8. The van der Waals surface area contributed by atoms with E-state index >= 15 is 0 Å². The molecule has 1 fully saturated rings. The first-order valence-electron chi connectivity index (χ1n) is 9.37. The van der Waals surface area contributed by atoms with Gasteiger partial charge in [0.15, 0.2) is 5.82 Å². The van der Waals surface area contributed by atoms with Crippen LogP contribution in [0.5, 0.6) is 0 Å². The summed E-state index contributed by atoms with van der Waals surface area (Å²) < 4.78 is 14.0. The summed E-state index contributed by atoms with van der Waals surface area (Å²) in [7, 11) is 0. The van der Waals surface area contributed by atoms with Crippen molar-refractivity contribution in [3.63, 3.8) is 0 Å². The van der Waals surface area contributed by atoms with Crippen LogP contribution in [0.25, 0.3) is 5.70 Å². The van der Waals surface area contributed by atoms with E-state index in [2.05, 4.69) is 20.1 Å². The average Bonchev–Trinajstić information content (AvgIpc) is 3.57. The van der Waals surface area contributed by atoms with E-state index in [0.29, 0.717) is 46.7 Å². The maximum absolute atomic E-state index is 14.0. The van der Waals surface area contributed by atoms with E-state index < -0.39 is 0 Å². The Morgan fingerprint density at radius 3 is 2.83 bits per heavy atom. The van der Waals surface area contributed by atoms with E-state index in [1.165, 1.54) is 12.3 Å². The molecule has 1 aliphatic heterocycles. The van der Waals surface area contributed by atoms with Gasteiger partial charge in [0.1, 0.15) is 23.6 Å². The number of nitrogen functional groups attached to an aromatic ring is 1. The van der Waals surface area contributed by atoms with Crippen LogP contribution in [0.4, 0.5) is 10.2 Å². The van der Waals surface area contributed by atoms with Gasteiger partial charge in [-0.15, -0.1) is 0 Å². The number of hydrogen-bond donors (Lipinski definition) is 2. The van der Waals surface area contributed by atoms with Gasteiger partial charge in [-0.1, -0.05) is 23.4 Å². The highest BCUT2D eigenvalue weighted by Crippen LogP contribution is 2.41. The van der Waals surface area contributed by atoms with Crippen LogP contribution in [-0.2, 0) is 11.4 Å². The van der Waals surface area contributed by atoms with E-state index in [4.69, 9.17) is 16.3 Å². The van der Waals surface area contributed by atoms with Gasteiger partial charge in [0, 0.05) is 23.7 Å². The number of allylic oxidation sites excluding steroid dienone is 2. The Morgan fingerprint density at radius 2 is 2.14 bits per heavy atom. The average molecular weight is 392 g/mol. The zero-order chi connectivity index (χ0) is 20.2. The number of aliphatic imine (C=N–C) groups is 1. The molecule has 0 amide bonds. The van der Waals surface area contributed by atoms with Gasteiger partial charge < -0.3 is 16.3 Å². The SMILES string of the molecule is NC(=CC(=NCc1ccccc1F)C1=NOC=CC1)c1ncc(C2CC2)c(N)n1. The minimum absolute atomic E-state index is 0.137. The lowest BCUT2D eigenvalue weighted by atomic mass is 10.1. The quantitative estimate of drug-likeness (QED) is 0.733. The predicted octanol–water partition coefficient (Wildman–Crippen LogP) is 3.31. The fourth-order valence-corrected chi connectivity index (χ4v) is 2.97. The van der Waals surface area contributed by atoms with Crippen molar-refractivity contribution in [1.82, 2.24) is 9.97 Å². The molecule has 148 valence electrons. The molecule has 0 atom stereocenters. The van der Waals surface area contributed by atoms with Crippen LogP contribution < -0.4 is 11.5 Å². The van der Waals surface area contributed by atoms with E-state index in [1.807, 2.05) is 6.08 Å². The first kappa shape index (κ1) is 18.8. The second kappa shape index (κ2) is 8.22. The fraction of sp³-hybridized carbons (Fsp3) is 0.238. The highest BCUT2D eigenvalue weighted by Gasteiger charge is 2.27. The maximum Gasteiger partial charge on any atom is 0.177 e. The molecule has 1 saturated carbocycles. The number of hydrogen-bond acceptors (Lipinski definition) is 7. The summed E-state index contributed by atoms with van der Waals surface area (Å²) in [4.78, 5) is 18.2. The number of nitrogens with two attached hydrogens (primary N) is 2. The Labute approximate surface area is 167 Å². The molecule has 4 rings (SSSR count). The fourth-order valence-electron chi connectivity index (χ4n) is 2.97. The molecule has 0 unspecified atom stereocenters. The van der Waals surface area contributed by atoms with Crippen LogP contribution in [0.1, 0.15) is 42.1 Å². The molecule has 29 heavy (non-hydrogen) atoms. The van der Waals surface area contributed by atoms with E-state index in [9.17, 15) is 4.39 Å². The molecule has 7 nitrogen and oxygen atoms in total. The molecule has 2 aromatic rings. The predicted molar refractivity (Wildman–Crippen MR) is 110 cm³/mol. The van der Waals surface area contributed by atoms with Crippen molar-refractivity contribution in [2.24, 2.45) is 15.9 Å². The zero-order valence-electron chi connectivity index (χ0n) is 15.8. The highest BCUT2D eigenvalue weighted by atomic mass is 19.1. The lowest BCUT2D eigenvalue weighted by molar-refractivity contribution is 0.263. The number of oxime groups is 1. The second-order valence-corrected chi connectivity index (χ2v) is 6.92. The lowest BCUT2D eigenvalue weighted by Gasteiger charge is -2.10. The first-order valence-corrected chi connectivity index (χ1v) is 9.37. The molecule has 8 heteroatoms. The Bertz CT molecular complexity index is 1040. The Balaban J connectivity index is 1.63. The van der Waals surface area contributed by atoms with Crippen molar-refractivity contribution in [2.75, 3.05) is 5.73 Å². The van der Waals surface area contributed by atoms with Crippen LogP contribution in [0, 0.1) is 5.82 Å². The third-order valence-electron chi connectivity index (χ3n) is 4.72. The van der Waals surface area contributed by atoms with Crippen molar-refractivity contribution in [1.29, 1.82) is 0 Å². The molecule has 0 saturated heterocycles. The summed E-state index contributed by atoms with van der Waals surface area (Å²) in [5.74, 6) is 0.895. The van der Waals surface area contributed by atoms with Crippen LogP contribution >= 0.6 is 0 Å². The van der Waals surface area contributed by atoms with Crippen molar-refractivity contribution < 1.29 is 9.23 Å². The summed E-state index contributed by atoms with van der Waals surface area (Å²) in [6.45, 7) is 0.137. The van der Waals surface area contributed by atoms with Gasteiger partial charge in [-0.05, 0) is 37.0 Å². The Hall–Kier alpha value is -3.55.